The molecule has 2 aromatic heterocycles. The normalized spacial score (nSPS) is 12.2. The zero-order valence-electron chi connectivity index (χ0n) is 10.8. The fraction of sp³-hybridized carbons (Fsp3) is 0.417. The molecule has 2 rings (SSSR count). The number of hydrogen-bond acceptors (Lipinski definition) is 6. The highest BCUT2D eigenvalue weighted by Crippen LogP contribution is 2.21. The van der Waals surface area contributed by atoms with E-state index in [1.807, 2.05) is 30.6 Å². The number of rotatable bonds is 5. The first kappa shape index (κ1) is 12.8. The zero-order valence-corrected chi connectivity index (χ0v) is 11.6. The number of aromatic nitrogens is 3. The topological polar surface area (TPSA) is 53.9 Å². The van der Waals surface area contributed by atoms with Crippen molar-refractivity contribution in [3.63, 3.8) is 0 Å². The van der Waals surface area contributed by atoms with E-state index in [9.17, 15) is 0 Å². The van der Waals surface area contributed by atoms with Crippen LogP contribution in [0.25, 0.3) is 0 Å². The first-order chi connectivity index (χ1) is 8.68. The SMILES string of the molecule is CC(CNc1nccnc1N(C)C)c1nccs1. The van der Waals surface area contributed by atoms with E-state index in [1.54, 1.807) is 23.7 Å². The summed E-state index contributed by atoms with van der Waals surface area (Å²) >= 11 is 1.68. The van der Waals surface area contributed by atoms with Gasteiger partial charge in [0.1, 0.15) is 0 Å². The largest absolute Gasteiger partial charge is 0.366 e. The molecule has 0 bridgehead atoms. The summed E-state index contributed by atoms with van der Waals surface area (Å²) in [6, 6.07) is 0. The molecule has 18 heavy (non-hydrogen) atoms. The lowest BCUT2D eigenvalue weighted by molar-refractivity contribution is 0.790. The van der Waals surface area contributed by atoms with E-state index in [0.717, 1.165) is 23.2 Å². The van der Waals surface area contributed by atoms with Gasteiger partial charge in [-0.05, 0) is 0 Å². The molecular formula is C12H17N5S. The Kier molecular flexibility index (Phi) is 4.09. The van der Waals surface area contributed by atoms with Crippen molar-refractivity contribution in [1.82, 2.24) is 15.0 Å². The van der Waals surface area contributed by atoms with Gasteiger partial charge in [-0.3, -0.25) is 0 Å². The molecule has 0 aromatic carbocycles. The number of anilines is 2. The predicted molar refractivity (Wildman–Crippen MR) is 75.4 cm³/mol. The van der Waals surface area contributed by atoms with Crippen LogP contribution in [0, 0.1) is 0 Å². The Morgan fingerprint density at radius 3 is 2.67 bits per heavy atom. The van der Waals surface area contributed by atoms with Crippen molar-refractivity contribution < 1.29 is 0 Å². The maximum Gasteiger partial charge on any atom is 0.171 e. The second kappa shape index (κ2) is 5.77. The van der Waals surface area contributed by atoms with Crippen molar-refractivity contribution >= 4 is 23.0 Å². The Morgan fingerprint density at radius 1 is 1.22 bits per heavy atom. The lowest BCUT2D eigenvalue weighted by atomic mass is 10.2. The Morgan fingerprint density at radius 2 is 2.00 bits per heavy atom. The van der Waals surface area contributed by atoms with E-state index < -0.39 is 0 Å². The minimum absolute atomic E-state index is 0.363. The third kappa shape index (κ3) is 2.95. The van der Waals surface area contributed by atoms with E-state index in [-0.39, 0.29) is 0 Å². The summed E-state index contributed by atoms with van der Waals surface area (Å²) in [5.41, 5.74) is 0. The number of hydrogen-bond donors (Lipinski definition) is 1. The molecule has 96 valence electrons. The van der Waals surface area contributed by atoms with Crippen molar-refractivity contribution in [2.45, 2.75) is 12.8 Å². The van der Waals surface area contributed by atoms with E-state index in [4.69, 9.17) is 0 Å². The molecule has 0 saturated carbocycles. The molecule has 0 amide bonds. The fourth-order valence-corrected chi connectivity index (χ4v) is 2.30. The van der Waals surface area contributed by atoms with Gasteiger partial charge >= 0.3 is 0 Å². The summed E-state index contributed by atoms with van der Waals surface area (Å²) in [5.74, 6) is 2.02. The Balaban J connectivity index is 2.02. The van der Waals surface area contributed by atoms with Crippen LogP contribution < -0.4 is 10.2 Å². The molecule has 0 fully saturated rings. The van der Waals surface area contributed by atoms with Crippen LogP contribution in [0.4, 0.5) is 11.6 Å². The third-order valence-corrected chi connectivity index (χ3v) is 3.56. The number of nitrogens with zero attached hydrogens (tertiary/aromatic N) is 4. The molecule has 0 aliphatic heterocycles. The van der Waals surface area contributed by atoms with Gasteiger partial charge in [0.2, 0.25) is 0 Å². The van der Waals surface area contributed by atoms with Gasteiger partial charge in [0.25, 0.3) is 0 Å². The van der Waals surface area contributed by atoms with Crippen molar-refractivity contribution in [2.75, 3.05) is 30.9 Å². The van der Waals surface area contributed by atoms with Gasteiger partial charge < -0.3 is 10.2 Å². The van der Waals surface area contributed by atoms with Crippen LogP contribution in [0.1, 0.15) is 17.8 Å². The maximum absolute atomic E-state index is 4.32. The van der Waals surface area contributed by atoms with Gasteiger partial charge in [-0.25, -0.2) is 15.0 Å². The van der Waals surface area contributed by atoms with Crippen LogP contribution in [-0.4, -0.2) is 35.6 Å². The van der Waals surface area contributed by atoms with E-state index >= 15 is 0 Å². The summed E-state index contributed by atoms with van der Waals surface area (Å²) < 4.78 is 0. The third-order valence-electron chi connectivity index (χ3n) is 2.55. The van der Waals surface area contributed by atoms with Crippen LogP contribution in [0.15, 0.2) is 24.0 Å². The summed E-state index contributed by atoms with van der Waals surface area (Å²) in [6.45, 7) is 2.95. The minimum atomic E-state index is 0.363. The molecule has 0 aliphatic rings. The zero-order chi connectivity index (χ0) is 13.0. The van der Waals surface area contributed by atoms with Crippen LogP contribution in [0.2, 0.25) is 0 Å². The first-order valence-electron chi connectivity index (χ1n) is 5.80. The minimum Gasteiger partial charge on any atom is -0.366 e. The van der Waals surface area contributed by atoms with Gasteiger partial charge in [-0.15, -0.1) is 11.3 Å². The van der Waals surface area contributed by atoms with Gasteiger partial charge in [0, 0.05) is 50.5 Å². The van der Waals surface area contributed by atoms with Crippen LogP contribution in [-0.2, 0) is 0 Å². The molecule has 0 spiro atoms. The van der Waals surface area contributed by atoms with Crippen molar-refractivity contribution in [2.24, 2.45) is 0 Å². The van der Waals surface area contributed by atoms with Gasteiger partial charge in [-0.1, -0.05) is 6.92 Å². The summed E-state index contributed by atoms with van der Waals surface area (Å²) in [4.78, 5) is 14.9. The summed E-state index contributed by atoms with van der Waals surface area (Å²) in [7, 11) is 3.92. The predicted octanol–water partition coefficient (Wildman–Crippen LogP) is 2.21. The number of nitrogens with one attached hydrogen (secondary N) is 1. The molecule has 1 atom stereocenters. The Bertz CT molecular complexity index is 483. The highest BCUT2D eigenvalue weighted by atomic mass is 32.1. The molecule has 1 unspecified atom stereocenters. The van der Waals surface area contributed by atoms with Gasteiger partial charge in [0.15, 0.2) is 11.6 Å². The highest BCUT2D eigenvalue weighted by Gasteiger charge is 2.11. The van der Waals surface area contributed by atoms with Crippen LogP contribution in [0.3, 0.4) is 0 Å². The Labute approximate surface area is 111 Å². The molecular weight excluding hydrogens is 246 g/mol. The van der Waals surface area contributed by atoms with Crippen LogP contribution in [0.5, 0.6) is 0 Å². The highest BCUT2D eigenvalue weighted by molar-refractivity contribution is 7.09. The first-order valence-corrected chi connectivity index (χ1v) is 6.68. The van der Waals surface area contributed by atoms with Crippen molar-refractivity contribution in [3.05, 3.63) is 29.0 Å². The molecule has 0 aliphatic carbocycles. The average Bonchev–Trinajstić information content (AvgIpc) is 2.90. The van der Waals surface area contributed by atoms with Crippen molar-refractivity contribution in [3.8, 4) is 0 Å². The quantitative estimate of drug-likeness (QED) is 0.896. The molecule has 0 radical (unpaired) electrons. The molecule has 2 aromatic rings. The van der Waals surface area contributed by atoms with E-state index in [2.05, 4.69) is 27.2 Å². The summed E-state index contributed by atoms with van der Waals surface area (Å²) in [5, 5.41) is 6.47. The second-order valence-electron chi connectivity index (χ2n) is 4.28. The maximum atomic E-state index is 4.32. The molecule has 5 nitrogen and oxygen atoms in total. The van der Waals surface area contributed by atoms with E-state index in [1.165, 1.54) is 0 Å². The number of thiazole rings is 1. The van der Waals surface area contributed by atoms with Crippen molar-refractivity contribution in [1.29, 1.82) is 0 Å². The Hall–Kier alpha value is -1.69. The molecule has 0 saturated heterocycles. The smallest absolute Gasteiger partial charge is 0.171 e. The fourth-order valence-electron chi connectivity index (χ4n) is 1.60. The second-order valence-corrected chi connectivity index (χ2v) is 5.20. The molecule has 2 heterocycles. The molecule has 6 heteroatoms. The lowest BCUT2D eigenvalue weighted by Crippen LogP contribution is -2.17. The van der Waals surface area contributed by atoms with E-state index in [0.29, 0.717) is 5.92 Å². The van der Waals surface area contributed by atoms with Gasteiger partial charge in [-0.2, -0.15) is 0 Å². The van der Waals surface area contributed by atoms with Crippen LogP contribution >= 0.6 is 11.3 Å². The summed E-state index contributed by atoms with van der Waals surface area (Å²) in [6.07, 6.45) is 5.23. The van der Waals surface area contributed by atoms with Gasteiger partial charge in [0.05, 0.1) is 5.01 Å². The standard InChI is InChI=1S/C12H17N5S/c1-9(12-15-6-7-18-12)8-16-10-11(17(2)3)14-5-4-13-10/h4-7,9H,8H2,1-3H3,(H,13,16). The lowest BCUT2D eigenvalue weighted by Gasteiger charge is -2.17. The average molecular weight is 263 g/mol. The monoisotopic (exact) mass is 263 g/mol. The molecule has 1 N–H and O–H groups in total.